The lowest BCUT2D eigenvalue weighted by atomic mass is 10.4. The number of carbonyl (C=O) groups excluding carboxylic acids is 1. The number of hydrogen-bond acceptors (Lipinski definition) is 13. The van der Waals surface area contributed by atoms with Gasteiger partial charge in [-0.05, 0) is 0 Å². The molecule has 0 aliphatic rings. The van der Waals surface area contributed by atoms with Crippen molar-refractivity contribution in [3.63, 3.8) is 0 Å². The second-order valence-corrected chi connectivity index (χ2v) is 7.45. The van der Waals surface area contributed by atoms with E-state index in [4.69, 9.17) is 52.1 Å². The Morgan fingerprint density at radius 2 is 0.842 bits per heavy atom. The summed E-state index contributed by atoms with van der Waals surface area (Å²) in [5.41, 5.74) is 0. The Hall–Kier alpha value is -1.23. The first kappa shape index (κ1) is 36.8. The van der Waals surface area contributed by atoms with Gasteiger partial charge in [-0.3, -0.25) is 0 Å². The molecule has 0 amide bonds. The molecule has 0 saturated carbocycles. The van der Waals surface area contributed by atoms with Gasteiger partial charge in [0.15, 0.2) is 0 Å². The minimum atomic E-state index is -0.883. The van der Waals surface area contributed by atoms with E-state index in [2.05, 4.69) is 6.58 Å². The summed E-state index contributed by atoms with van der Waals surface area (Å²) < 4.78 is 57.9. The van der Waals surface area contributed by atoms with Crippen LogP contribution in [0.25, 0.3) is 0 Å². The van der Waals surface area contributed by atoms with Crippen molar-refractivity contribution >= 4 is 5.97 Å². The molecule has 0 rings (SSSR count). The Kier molecular flexibility index (Phi) is 30.9. The maximum absolute atomic E-state index is 10.9. The monoisotopic (exact) mass is 556 g/mol. The quantitative estimate of drug-likeness (QED) is 0.0669. The highest BCUT2D eigenvalue weighted by Crippen LogP contribution is 1.90. The molecule has 0 radical (unpaired) electrons. The Balaban J connectivity index is 3.09. The number of ether oxygens (including phenoxy) is 11. The topological polar surface area (TPSA) is 139 Å². The molecule has 0 spiro atoms. The Bertz CT molecular complexity index is 496. The van der Waals surface area contributed by atoms with Crippen molar-refractivity contribution in [3.8, 4) is 0 Å². The summed E-state index contributed by atoms with van der Waals surface area (Å²) in [6.45, 7) is 12.0. The lowest BCUT2D eigenvalue weighted by molar-refractivity contribution is -0.142. The van der Waals surface area contributed by atoms with Crippen LogP contribution < -0.4 is 0 Å². The number of carbonyl (C=O) groups is 1. The maximum Gasteiger partial charge on any atom is 0.330 e. The van der Waals surface area contributed by atoms with Crippen molar-refractivity contribution in [1.82, 2.24) is 0 Å². The van der Waals surface area contributed by atoms with Crippen LogP contribution in [-0.4, -0.2) is 156 Å². The maximum atomic E-state index is 10.9. The third-order valence-corrected chi connectivity index (χ3v) is 4.30. The van der Waals surface area contributed by atoms with Gasteiger partial charge in [0.05, 0.1) is 126 Å². The highest BCUT2D eigenvalue weighted by molar-refractivity contribution is 5.81. The summed E-state index contributed by atoms with van der Waals surface area (Å²) >= 11 is 0. The van der Waals surface area contributed by atoms with E-state index in [1.165, 1.54) is 0 Å². The first-order valence-corrected chi connectivity index (χ1v) is 12.9. The van der Waals surface area contributed by atoms with Gasteiger partial charge in [-0.1, -0.05) is 6.58 Å². The van der Waals surface area contributed by atoms with E-state index in [1.807, 2.05) is 0 Å². The number of aliphatic hydroxyl groups excluding tert-OH is 1. The van der Waals surface area contributed by atoms with Crippen molar-refractivity contribution in [1.29, 1.82) is 0 Å². The van der Waals surface area contributed by atoms with E-state index in [-0.39, 0.29) is 13.2 Å². The van der Waals surface area contributed by atoms with E-state index in [0.29, 0.717) is 119 Å². The molecule has 38 heavy (non-hydrogen) atoms. The standard InChI is InChI=1S/C25H48O13/c1-3-25(27)38-23-24(26)22-37-21-20-36-19-18-35-17-16-34-15-14-33-13-12-32-11-10-31-9-8-30-7-6-29-5-4-28-2/h3,24,26H,1,4-23H2,2H3. The van der Waals surface area contributed by atoms with Gasteiger partial charge in [0.2, 0.25) is 0 Å². The molecule has 1 N–H and O–H groups in total. The van der Waals surface area contributed by atoms with Gasteiger partial charge >= 0.3 is 5.97 Å². The van der Waals surface area contributed by atoms with Crippen molar-refractivity contribution in [3.05, 3.63) is 12.7 Å². The molecule has 1 atom stereocenters. The number of hydrogen-bond donors (Lipinski definition) is 1. The van der Waals surface area contributed by atoms with E-state index in [1.54, 1.807) is 7.11 Å². The first-order valence-electron chi connectivity index (χ1n) is 12.9. The summed E-state index contributed by atoms with van der Waals surface area (Å²) in [5, 5.41) is 9.56. The molecule has 0 saturated heterocycles. The van der Waals surface area contributed by atoms with Crippen LogP contribution in [-0.2, 0) is 56.9 Å². The first-order chi connectivity index (χ1) is 18.7. The molecule has 1 unspecified atom stereocenters. The Morgan fingerprint density at radius 3 is 1.13 bits per heavy atom. The molecule has 0 bridgehead atoms. The van der Waals surface area contributed by atoms with E-state index < -0.39 is 12.1 Å². The van der Waals surface area contributed by atoms with Gasteiger partial charge in [-0.15, -0.1) is 0 Å². The second-order valence-electron chi connectivity index (χ2n) is 7.45. The summed E-state index contributed by atoms with van der Waals surface area (Å²) in [6.07, 6.45) is 0.151. The molecular weight excluding hydrogens is 508 g/mol. The Morgan fingerprint density at radius 1 is 0.553 bits per heavy atom. The van der Waals surface area contributed by atoms with Crippen LogP contribution in [0.15, 0.2) is 12.7 Å². The normalized spacial score (nSPS) is 12.1. The van der Waals surface area contributed by atoms with Crippen LogP contribution in [0.4, 0.5) is 0 Å². The number of esters is 1. The zero-order valence-electron chi connectivity index (χ0n) is 22.9. The van der Waals surface area contributed by atoms with Crippen LogP contribution in [0.1, 0.15) is 0 Å². The second kappa shape index (κ2) is 32.0. The molecule has 0 aliphatic carbocycles. The third-order valence-electron chi connectivity index (χ3n) is 4.30. The van der Waals surface area contributed by atoms with Crippen LogP contribution in [0.5, 0.6) is 0 Å². The predicted octanol–water partition coefficient (Wildman–Crippen LogP) is -0.128. The summed E-state index contributed by atoms with van der Waals surface area (Å²) in [7, 11) is 1.64. The van der Waals surface area contributed by atoms with Gasteiger partial charge in [-0.2, -0.15) is 0 Å². The van der Waals surface area contributed by atoms with Gasteiger partial charge < -0.3 is 57.2 Å². The zero-order valence-corrected chi connectivity index (χ0v) is 22.9. The van der Waals surface area contributed by atoms with Crippen molar-refractivity contribution in [2.45, 2.75) is 6.10 Å². The third kappa shape index (κ3) is 31.0. The zero-order chi connectivity index (χ0) is 27.8. The lowest BCUT2D eigenvalue weighted by Gasteiger charge is -2.11. The van der Waals surface area contributed by atoms with Crippen LogP contribution in [0, 0.1) is 0 Å². The number of methoxy groups -OCH3 is 1. The summed E-state index contributed by atoms with van der Waals surface area (Å²) in [6, 6.07) is 0. The minimum Gasteiger partial charge on any atom is -0.460 e. The van der Waals surface area contributed by atoms with E-state index in [0.717, 1.165) is 6.08 Å². The molecule has 0 heterocycles. The molecule has 0 aromatic heterocycles. The Labute approximate surface area is 226 Å². The van der Waals surface area contributed by atoms with Gasteiger partial charge in [0.1, 0.15) is 12.7 Å². The van der Waals surface area contributed by atoms with Crippen LogP contribution >= 0.6 is 0 Å². The van der Waals surface area contributed by atoms with Gasteiger partial charge in [-0.25, -0.2) is 4.79 Å². The van der Waals surface area contributed by atoms with Gasteiger partial charge in [0, 0.05) is 13.2 Å². The minimum absolute atomic E-state index is 0.0531. The molecule has 13 heteroatoms. The lowest BCUT2D eigenvalue weighted by Crippen LogP contribution is -2.24. The van der Waals surface area contributed by atoms with E-state index in [9.17, 15) is 9.90 Å². The number of aliphatic hydroxyl groups is 1. The highest BCUT2D eigenvalue weighted by atomic mass is 16.6. The predicted molar refractivity (Wildman–Crippen MR) is 136 cm³/mol. The molecule has 13 nitrogen and oxygen atoms in total. The molecule has 226 valence electrons. The molecule has 0 aromatic rings. The van der Waals surface area contributed by atoms with E-state index >= 15 is 0 Å². The largest absolute Gasteiger partial charge is 0.460 e. The summed E-state index contributed by atoms with van der Waals surface area (Å²) in [4.78, 5) is 10.9. The highest BCUT2D eigenvalue weighted by Gasteiger charge is 2.06. The molecule has 0 fully saturated rings. The van der Waals surface area contributed by atoms with Crippen molar-refractivity contribution < 1.29 is 62.0 Å². The van der Waals surface area contributed by atoms with Crippen LogP contribution in [0.2, 0.25) is 0 Å². The van der Waals surface area contributed by atoms with Crippen molar-refractivity contribution in [2.75, 3.05) is 139 Å². The van der Waals surface area contributed by atoms with Crippen molar-refractivity contribution in [2.24, 2.45) is 0 Å². The van der Waals surface area contributed by atoms with Gasteiger partial charge in [0.25, 0.3) is 0 Å². The molecular formula is C25H48O13. The average Bonchev–Trinajstić information content (AvgIpc) is 2.93. The molecule has 0 aromatic carbocycles. The number of rotatable bonds is 32. The fourth-order valence-corrected chi connectivity index (χ4v) is 2.41. The molecule has 0 aliphatic heterocycles. The SMILES string of the molecule is C=CC(=O)OCC(O)COCCOCCOCCOCCOCCOCCOCCOCCOCCOC. The van der Waals surface area contributed by atoms with Crippen LogP contribution in [0.3, 0.4) is 0 Å². The average molecular weight is 557 g/mol. The fraction of sp³-hybridized carbons (Fsp3) is 0.880. The smallest absolute Gasteiger partial charge is 0.330 e. The fourth-order valence-electron chi connectivity index (χ4n) is 2.41. The summed E-state index contributed by atoms with van der Waals surface area (Å²) in [5.74, 6) is -0.583.